The van der Waals surface area contributed by atoms with E-state index in [0.717, 1.165) is 36.0 Å². The maximum absolute atomic E-state index is 12.4. The van der Waals surface area contributed by atoms with E-state index in [9.17, 15) is 4.79 Å². The largest absolute Gasteiger partial charge is 0.299 e. The van der Waals surface area contributed by atoms with Gasteiger partial charge in [0.05, 0.1) is 0 Å². The molecule has 1 heteroatoms. The molecule has 124 valence electrons. The summed E-state index contributed by atoms with van der Waals surface area (Å²) >= 11 is 0. The van der Waals surface area contributed by atoms with Gasteiger partial charge < -0.3 is 0 Å². The van der Waals surface area contributed by atoms with Gasteiger partial charge in [-0.3, -0.25) is 4.79 Å². The van der Waals surface area contributed by atoms with Crippen LogP contribution in [0.3, 0.4) is 0 Å². The number of fused-ring (bicyclic) bond motifs is 5. The van der Waals surface area contributed by atoms with Crippen LogP contribution >= 0.6 is 0 Å². The van der Waals surface area contributed by atoms with E-state index < -0.39 is 0 Å². The average Bonchev–Trinajstić information content (AvgIpc) is 2.82. The molecule has 0 spiro atoms. The third-order valence-electron chi connectivity index (χ3n) is 9.06. The van der Waals surface area contributed by atoms with Crippen LogP contribution in [0.25, 0.3) is 0 Å². The summed E-state index contributed by atoms with van der Waals surface area (Å²) in [5.74, 6) is 5.08. The van der Waals surface area contributed by atoms with E-state index in [1.807, 2.05) is 0 Å². The van der Waals surface area contributed by atoms with Crippen molar-refractivity contribution in [3.05, 3.63) is 0 Å². The molecule has 7 atom stereocenters. The number of carbonyl (C=O) groups excluding carboxylic acids is 1. The molecule has 0 bridgehead atoms. The van der Waals surface area contributed by atoms with Crippen LogP contribution in [0.4, 0.5) is 0 Å². The highest BCUT2D eigenvalue weighted by molar-refractivity contribution is 5.87. The van der Waals surface area contributed by atoms with E-state index in [4.69, 9.17) is 0 Å². The summed E-state index contributed by atoms with van der Waals surface area (Å²) in [5.41, 5.74) is 0.659. The minimum atomic E-state index is 0.0605. The summed E-state index contributed by atoms with van der Waals surface area (Å²) < 4.78 is 0. The summed E-state index contributed by atoms with van der Waals surface area (Å²) in [4.78, 5) is 12.4. The van der Waals surface area contributed by atoms with Gasteiger partial charge in [-0.25, -0.2) is 0 Å². The predicted molar refractivity (Wildman–Crippen MR) is 90.5 cm³/mol. The van der Waals surface area contributed by atoms with Gasteiger partial charge in [-0.1, -0.05) is 27.2 Å². The molecule has 6 unspecified atom stereocenters. The number of Topliss-reactive ketones (excluding diaryl/α,β-unsaturated/α-hetero) is 1. The van der Waals surface area contributed by atoms with Crippen LogP contribution in [0.5, 0.6) is 0 Å². The molecule has 0 N–H and O–H groups in total. The Bertz CT molecular complexity index is 469. The molecule has 22 heavy (non-hydrogen) atoms. The van der Waals surface area contributed by atoms with E-state index in [0.29, 0.717) is 11.2 Å². The lowest BCUT2D eigenvalue weighted by Crippen LogP contribution is -2.53. The fraction of sp³-hybridized carbons (Fsp3) is 0.952. The highest BCUT2D eigenvalue weighted by Gasteiger charge is 2.59. The zero-order valence-electron chi connectivity index (χ0n) is 14.9. The Labute approximate surface area is 136 Å². The lowest BCUT2D eigenvalue weighted by atomic mass is 9.44. The lowest BCUT2D eigenvalue weighted by molar-refractivity contribution is -0.140. The van der Waals surface area contributed by atoms with Crippen molar-refractivity contribution in [3.63, 3.8) is 0 Å². The number of hydrogen-bond donors (Lipinski definition) is 0. The monoisotopic (exact) mass is 302 g/mol. The molecule has 0 aromatic rings. The second-order valence-electron chi connectivity index (χ2n) is 9.62. The van der Waals surface area contributed by atoms with E-state index in [2.05, 4.69) is 20.8 Å². The topological polar surface area (TPSA) is 17.1 Å². The van der Waals surface area contributed by atoms with Gasteiger partial charge in [0.2, 0.25) is 0 Å². The molecule has 4 aliphatic rings. The minimum absolute atomic E-state index is 0.0605. The van der Waals surface area contributed by atoms with Crippen LogP contribution in [0, 0.1) is 40.4 Å². The van der Waals surface area contributed by atoms with Crippen molar-refractivity contribution in [2.75, 3.05) is 0 Å². The molecule has 0 aliphatic heterocycles. The first kappa shape index (κ1) is 15.2. The highest BCUT2D eigenvalue weighted by atomic mass is 16.1. The smallest absolute Gasteiger partial charge is 0.139 e. The van der Waals surface area contributed by atoms with Gasteiger partial charge in [-0.15, -0.1) is 0 Å². The fourth-order valence-electron chi connectivity index (χ4n) is 7.49. The third kappa shape index (κ3) is 1.93. The summed E-state index contributed by atoms with van der Waals surface area (Å²) in [7, 11) is 0. The van der Waals surface area contributed by atoms with Crippen LogP contribution < -0.4 is 0 Å². The van der Waals surface area contributed by atoms with Gasteiger partial charge in [-0.05, 0) is 86.4 Å². The van der Waals surface area contributed by atoms with E-state index in [1.54, 1.807) is 0 Å². The molecule has 4 rings (SSSR count). The first-order valence-electron chi connectivity index (χ1n) is 10.0. The normalized spacial score (nSPS) is 54.5. The number of ketones is 1. The van der Waals surface area contributed by atoms with Crippen molar-refractivity contribution < 1.29 is 4.79 Å². The first-order valence-corrected chi connectivity index (χ1v) is 10.0. The molecule has 4 aliphatic carbocycles. The van der Waals surface area contributed by atoms with Crippen LogP contribution in [0.15, 0.2) is 0 Å². The fourth-order valence-corrected chi connectivity index (χ4v) is 7.49. The summed E-state index contributed by atoms with van der Waals surface area (Å²) in [6.45, 7) is 7.33. The zero-order chi connectivity index (χ0) is 15.5. The van der Waals surface area contributed by atoms with Crippen molar-refractivity contribution in [3.8, 4) is 0 Å². The Hall–Kier alpha value is -0.330. The summed E-state index contributed by atoms with van der Waals surface area (Å²) in [6, 6.07) is 0. The Morgan fingerprint density at radius 2 is 1.82 bits per heavy atom. The molecular weight excluding hydrogens is 268 g/mol. The Morgan fingerprint density at radius 1 is 1.00 bits per heavy atom. The standard InChI is InChI=1S/C21H34O/c1-4-14-9-11-20(2)15(13-14)5-6-16-17-7-8-19(22)21(17,3)12-10-18(16)20/h14-18H,4-13H2,1-3H3/t14-,15?,16?,17?,18?,20?,21?/m0/s1. The SMILES string of the molecule is CC[C@H]1CCC2(C)C(CCC3C4CCC(=O)C4(C)CCC32)C1. The quantitative estimate of drug-likeness (QED) is 0.614. The second-order valence-corrected chi connectivity index (χ2v) is 9.62. The zero-order valence-corrected chi connectivity index (χ0v) is 14.9. The molecular formula is C21H34O. The number of rotatable bonds is 1. The minimum Gasteiger partial charge on any atom is -0.299 e. The second kappa shape index (κ2) is 5.08. The molecule has 0 aromatic carbocycles. The van der Waals surface area contributed by atoms with Crippen molar-refractivity contribution >= 4 is 5.78 Å². The lowest BCUT2D eigenvalue weighted by Gasteiger charge is -2.60. The van der Waals surface area contributed by atoms with Gasteiger partial charge in [0.25, 0.3) is 0 Å². The first-order chi connectivity index (χ1) is 10.5. The van der Waals surface area contributed by atoms with Crippen molar-refractivity contribution in [2.24, 2.45) is 40.4 Å². The summed E-state index contributed by atoms with van der Waals surface area (Å²) in [6.07, 6.45) is 13.3. The van der Waals surface area contributed by atoms with Crippen molar-refractivity contribution in [1.82, 2.24) is 0 Å². The van der Waals surface area contributed by atoms with Crippen molar-refractivity contribution in [1.29, 1.82) is 0 Å². The number of hydrogen-bond acceptors (Lipinski definition) is 1. The maximum atomic E-state index is 12.4. The molecule has 0 aromatic heterocycles. The Balaban J connectivity index is 1.60. The molecule has 1 nitrogen and oxygen atoms in total. The van der Waals surface area contributed by atoms with Crippen LogP contribution in [-0.2, 0) is 4.79 Å². The number of carbonyl (C=O) groups is 1. The Morgan fingerprint density at radius 3 is 2.59 bits per heavy atom. The molecule has 4 fully saturated rings. The molecule has 4 saturated carbocycles. The van der Waals surface area contributed by atoms with Gasteiger partial charge in [0.1, 0.15) is 5.78 Å². The van der Waals surface area contributed by atoms with Crippen LogP contribution in [0.1, 0.15) is 85.0 Å². The maximum Gasteiger partial charge on any atom is 0.139 e. The Kier molecular flexibility index (Phi) is 3.51. The predicted octanol–water partition coefficient (Wildman–Crippen LogP) is 5.62. The van der Waals surface area contributed by atoms with Gasteiger partial charge in [-0.2, -0.15) is 0 Å². The van der Waals surface area contributed by atoms with Gasteiger partial charge >= 0.3 is 0 Å². The molecule has 0 amide bonds. The molecule has 0 radical (unpaired) electrons. The molecule has 0 saturated heterocycles. The van der Waals surface area contributed by atoms with Gasteiger partial charge in [0.15, 0.2) is 0 Å². The third-order valence-corrected chi connectivity index (χ3v) is 9.06. The average molecular weight is 303 g/mol. The van der Waals surface area contributed by atoms with E-state index in [-0.39, 0.29) is 5.41 Å². The van der Waals surface area contributed by atoms with Crippen LogP contribution in [-0.4, -0.2) is 5.78 Å². The van der Waals surface area contributed by atoms with Gasteiger partial charge in [0, 0.05) is 11.8 Å². The molecule has 0 heterocycles. The van der Waals surface area contributed by atoms with E-state index in [1.165, 1.54) is 57.8 Å². The van der Waals surface area contributed by atoms with Crippen LogP contribution in [0.2, 0.25) is 0 Å². The highest BCUT2D eigenvalue weighted by Crippen LogP contribution is 2.65. The summed E-state index contributed by atoms with van der Waals surface area (Å²) in [5, 5.41) is 0. The van der Waals surface area contributed by atoms with E-state index >= 15 is 0 Å². The van der Waals surface area contributed by atoms with Crippen molar-refractivity contribution in [2.45, 2.75) is 85.0 Å².